The minimum Gasteiger partial charge on any atom is -0.340 e. The van der Waals surface area contributed by atoms with Crippen LogP contribution in [0.2, 0.25) is 0 Å². The van der Waals surface area contributed by atoms with Gasteiger partial charge in [-0.05, 0) is 60.5 Å². The number of fused-ring (bicyclic) bond motifs is 1. The lowest BCUT2D eigenvalue weighted by molar-refractivity contribution is 0.0983. The molecule has 0 atom stereocenters. The average molecular weight is 432 g/mol. The molecule has 0 saturated carbocycles. The summed E-state index contributed by atoms with van der Waals surface area (Å²) in [4.78, 5) is 21.1. The molecular formula is C23H18BrN3O. The number of rotatable bonds is 6. The highest BCUT2D eigenvalue weighted by Crippen LogP contribution is 2.23. The van der Waals surface area contributed by atoms with Crippen molar-refractivity contribution in [2.75, 3.05) is 5.32 Å². The molecule has 3 aromatic carbocycles. The van der Waals surface area contributed by atoms with Crippen LogP contribution < -0.4 is 5.32 Å². The van der Waals surface area contributed by atoms with Crippen LogP contribution in [0, 0.1) is 0 Å². The molecule has 0 amide bonds. The van der Waals surface area contributed by atoms with Crippen molar-refractivity contribution in [3.63, 3.8) is 0 Å². The number of nitrogens with one attached hydrogen (secondary N) is 1. The van der Waals surface area contributed by atoms with Crippen LogP contribution in [0.4, 0.5) is 11.5 Å². The number of aryl methyl sites for hydroxylation is 1. The van der Waals surface area contributed by atoms with E-state index >= 15 is 0 Å². The summed E-state index contributed by atoms with van der Waals surface area (Å²) < 4.78 is 1.04. The number of carbonyl (C=O) groups is 1. The smallest absolute Gasteiger partial charge is 0.163 e. The Morgan fingerprint density at radius 2 is 1.64 bits per heavy atom. The molecular weight excluding hydrogens is 414 g/mol. The van der Waals surface area contributed by atoms with Crippen molar-refractivity contribution in [2.45, 2.75) is 12.8 Å². The highest BCUT2D eigenvalue weighted by molar-refractivity contribution is 9.10. The first kappa shape index (κ1) is 18.3. The molecule has 5 heteroatoms. The van der Waals surface area contributed by atoms with E-state index in [1.165, 1.54) is 0 Å². The van der Waals surface area contributed by atoms with Gasteiger partial charge in [-0.25, -0.2) is 9.97 Å². The molecule has 1 N–H and O–H groups in total. The first-order valence-electron chi connectivity index (χ1n) is 9.03. The van der Waals surface area contributed by atoms with Gasteiger partial charge < -0.3 is 5.32 Å². The quantitative estimate of drug-likeness (QED) is 0.383. The van der Waals surface area contributed by atoms with Gasteiger partial charge in [-0.1, -0.05) is 40.2 Å². The maximum atomic E-state index is 12.5. The molecule has 4 rings (SSSR count). The highest BCUT2D eigenvalue weighted by Gasteiger charge is 2.08. The summed E-state index contributed by atoms with van der Waals surface area (Å²) in [6, 6.07) is 23.4. The number of aromatic nitrogens is 2. The summed E-state index contributed by atoms with van der Waals surface area (Å²) in [6.45, 7) is 0. The number of carbonyl (C=O) groups excluding carboxylic acids is 1. The van der Waals surface area contributed by atoms with E-state index in [4.69, 9.17) is 0 Å². The highest BCUT2D eigenvalue weighted by atomic mass is 79.9. The van der Waals surface area contributed by atoms with Gasteiger partial charge in [-0.15, -0.1) is 0 Å². The SMILES string of the molecule is O=C(CCc1ccc(Br)cc1)c1ccc(Nc2ncnc3ccccc23)cc1. The van der Waals surface area contributed by atoms with Crippen LogP contribution in [0.15, 0.2) is 83.6 Å². The molecule has 0 radical (unpaired) electrons. The molecule has 0 aliphatic heterocycles. The maximum Gasteiger partial charge on any atom is 0.163 e. The van der Waals surface area contributed by atoms with Crippen molar-refractivity contribution in [2.24, 2.45) is 0 Å². The lowest BCUT2D eigenvalue weighted by Gasteiger charge is -2.09. The second kappa shape index (κ2) is 8.31. The number of anilines is 2. The van der Waals surface area contributed by atoms with Gasteiger partial charge in [0.2, 0.25) is 0 Å². The van der Waals surface area contributed by atoms with Crippen LogP contribution >= 0.6 is 15.9 Å². The third kappa shape index (κ3) is 4.26. The summed E-state index contributed by atoms with van der Waals surface area (Å²) in [7, 11) is 0. The molecule has 1 heterocycles. The fourth-order valence-corrected chi connectivity index (χ4v) is 3.30. The van der Waals surface area contributed by atoms with Gasteiger partial charge in [-0.3, -0.25) is 4.79 Å². The molecule has 1 aromatic heterocycles. The van der Waals surface area contributed by atoms with Crippen molar-refractivity contribution in [1.29, 1.82) is 0 Å². The van der Waals surface area contributed by atoms with Crippen molar-refractivity contribution >= 4 is 44.1 Å². The van der Waals surface area contributed by atoms with E-state index in [0.717, 1.165) is 44.4 Å². The Balaban J connectivity index is 1.43. The monoisotopic (exact) mass is 431 g/mol. The van der Waals surface area contributed by atoms with Gasteiger partial charge in [0, 0.05) is 27.5 Å². The summed E-state index contributed by atoms with van der Waals surface area (Å²) in [5, 5.41) is 4.27. The zero-order valence-corrected chi connectivity index (χ0v) is 16.7. The van der Waals surface area contributed by atoms with Gasteiger partial charge in [0.05, 0.1) is 5.52 Å². The molecule has 0 fully saturated rings. The Bertz CT molecular complexity index is 1100. The average Bonchev–Trinajstić information content (AvgIpc) is 2.74. The third-order valence-corrected chi connectivity index (χ3v) is 5.10. The van der Waals surface area contributed by atoms with E-state index in [1.54, 1.807) is 6.33 Å². The molecule has 138 valence electrons. The standard InChI is InChI=1S/C23H18BrN3O/c24-18-10-5-16(6-11-18)7-14-22(28)17-8-12-19(13-9-17)27-23-20-3-1-2-4-21(20)25-15-26-23/h1-6,8-13,15H,7,14H2,(H,25,26,27). The summed E-state index contributed by atoms with van der Waals surface area (Å²) in [6.07, 6.45) is 2.77. The number of para-hydroxylation sites is 1. The minimum atomic E-state index is 0.141. The molecule has 0 bridgehead atoms. The van der Waals surface area contributed by atoms with Crippen molar-refractivity contribution in [1.82, 2.24) is 9.97 Å². The summed E-state index contributed by atoms with van der Waals surface area (Å²) in [5.41, 5.74) is 3.65. The largest absolute Gasteiger partial charge is 0.340 e. The number of nitrogens with zero attached hydrogens (tertiary/aromatic N) is 2. The Kier molecular flexibility index (Phi) is 5.44. The van der Waals surface area contributed by atoms with Crippen LogP contribution in [0.25, 0.3) is 10.9 Å². The van der Waals surface area contributed by atoms with Crippen molar-refractivity contribution in [3.05, 3.63) is 94.7 Å². The van der Waals surface area contributed by atoms with Gasteiger partial charge in [-0.2, -0.15) is 0 Å². The normalized spacial score (nSPS) is 10.8. The van der Waals surface area contributed by atoms with E-state index in [9.17, 15) is 4.79 Å². The number of ketones is 1. The second-order valence-electron chi connectivity index (χ2n) is 6.49. The number of benzene rings is 3. The minimum absolute atomic E-state index is 0.141. The molecule has 4 aromatic rings. The van der Waals surface area contributed by atoms with Crippen LogP contribution in [-0.4, -0.2) is 15.8 Å². The Morgan fingerprint density at radius 1 is 0.893 bits per heavy atom. The molecule has 0 saturated heterocycles. The van der Waals surface area contributed by atoms with Gasteiger partial charge >= 0.3 is 0 Å². The van der Waals surface area contributed by atoms with Gasteiger partial charge in [0.25, 0.3) is 0 Å². The van der Waals surface area contributed by atoms with E-state index < -0.39 is 0 Å². The predicted octanol–water partition coefficient (Wildman–Crippen LogP) is 5.95. The van der Waals surface area contributed by atoms with Crippen LogP contribution in [-0.2, 0) is 6.42 Å². The first-order valence-corrected chi connectivity index (χ1v) is 9.83. The number of hydrogen-bond acceptors (Lipinski definition) is 4. The third-order valence-electron chi connectivity index (χ3n) is 4.57. The fourth-order valence-electron chi connectivity index (χ4n) is 3.03. The van der Waals surface area contributed by atoms with Crippen molar-refractivity contribution in [3.8, 4) is 0 Å². The molecule has 28 heavy (non-hydrogen) atoms. The van der Waals surface area contributed by atoms with Crippen LogP contribution in [0.1, 0.15) is 22.3 Å². The van der Waals surface area contributed by atoms with Crippen molar-refractivity contribution < 1.29 is 4.79 Å². The molecule has 0 aliphatic carbocycles. The number of hydrogen-bond donors (Lipinski definition) is 1. The first-order chi connectivity index (χ1) is 13.7. The molecule has 0 unspecified atom stereocenters. The Hall–Kier alpha value is -3.05. The van der Waals surface area contributed by atoms with Crippen LogP contribution in [0.3, 0.4) is 0 Å². The van der Waals surface area contributed by atoms with E-state index in [-0.39, 0.29) is 5.78 Å². The summed E-state index contributed by atoms with van der Waals surface area (Å²) >= 11 is 3.43. The molecule has 0 aliphatic rings. The van der Waals surface area contributed by atoms with Gasteiger partial charge in [0.1, 0.15) is 12.1 Å². The Labute approximate surface area is 171 Å². The van der Waals surface area contributed by atoms with E-state index in [1.807, 2.05) is 72.8 Å². The van der Waals surface area contributed by atoms with Gasteiger partial charge in [0.15, 0.2) is 5.78 Å². The topological polar surface area (TPSA) is 54.9 Å². The molecule has 4 nitrogen and oxygen atoms in total. The molecule has 0 spiro atoms. The lowest BCUT2D eigenvalue weighted by Crippen LogP contribution is -2.02. The van der Waals surface area contributed by atoms with E-state index in [2.05, 4.69) is 31.2 Å². The maximum absolute atomic E-state index is 12.5. The zero-order valence-electron chi connectivity index (χ0n) is 15.1. The lowest BCUT2D eigenvalue weighted by atomic mass is 10.0. The summed E-state index contributed by atoms with van der Waals surface area (Å²) in [5.74, 6) is 0.891. The second-order valence-corrected chi connectivity index (χ2v) is 7.41. The van der Waals surface area contributed by atoms with Crippen LogP contribution in [0.5, 0.6) is 0 Å². The van der Waals surface area contributed by atoms with E-state index in [0.29, 0.717) is 6.42 Å². The number of Topliss-reactive ketones (excluding diaryl/α,β-unsaturated/α-hetero) is 1. The predicted molar refractivity (Wildman–Crippen MR) is 116 cm³/mol. The fraction of sp³-hybridized carbons (Fsp3) is 0.0870. The Morgan fingerprint density at radius 3 is 2.43 bits per heavy atom. The zero-order chi connectivity index (χ0) is 19.3. The number of halogens is 1.